The number of carboxylic acids is 1. The fourth-order valence-electron chi connectivity index (χ4n) is 2.32. The summed E-state index contributed by atoms with van der Waals surface area (Å²) in [5.74, 6) is -1.37. The zero-order valence-electron chi connectivity index (χ0n) is 13.6. The molecule has 0 atom stereocenters. The number of nitrogens with one attached hydrogen (secondary N) is 1. The van der Waals surface area contributed by atoms with Crippen LogP contribution < -0.4 is 10.1 Å². The van der Waals surface area contributed by atoms with Crippen LogP contribution >= 0.6 is 34.3 Å². The van der Waals surface area contributed by atoms with Crippen molar-refractivity contribution in [3.05, 3.63) is 56.6 Å². The molecule has 9 heteroatoms. The van der Waals surface area contributed by atoms with Crippen molar-refractivity contribution in [3.8, 4) is 16.2 Å². The van der Waals surface area contributed by atoms with Gasteiger partial charge in [-0.25, -0.2) is 4.79 Å². The van der Waals surface area contributed by atoms with E-state index in [1.165, 1.54) is 22.7 Å². The highest BCUT2D eigenvalue weighted by molar-refractivity contribution is 7.14. The van der Waals surface area contributed by atoms with Crippen LogP contribution in [0.15, 0.2) is 41.1 Å². The normalized spacial score (nSPS) is 10.4. The van der Waals surface area contributed by atoms with Crippen LogP contribution in [0.25, 0.3) is 10.4 Å². The largest absolute Gasteiger partial charge is 0.482 e. The lowest BCUT2D eigenvalue weighted by atomic mass is 10.1. The van der Waals surface area contributed by atoms with E-state index in [1.54, 1.807) is 41.1 Å². The first-order chi connectivity index (χ1) is 13.0. The number of amides is 1. The number of hydrogen-bond donors (Lipinski definition) is 2. The Balaban J connectivity index is 1.76. The lowest BCUT2D eigenvalue weighted by Gasteiger charge is -2.07. The maximum Gasteiger partial charge on any atom is 0.339 e. The van der Waals surface area contributed by atoms with E-state index in [4.69, 9.17) is 16.3 Å². The maximum atomic E-state index is 12.1. The maximum absolute atomic E-state index is 12.1. The van der Waals surface area contributed by atoms with Crippen molar-refractivity contribution in [1.82, 2.24) is 0 Å². The number of rotatable bonds is 7. The predicted octanol–water partition coefficient (Wildman–Crippen LogP) is 4.66. The van der Waals surface area contributed by atoms with E-state index in [9.17, 15) is 19.5 Å². The number of carbonyl (C=O) groups is 3. The van der Waals surface area contributed by atoms with Gasteiger partial charge in [0.2, 0.25) is 0 Å². The van der Waals surface area contributed by atoms with E-state index >= 15 is 0 Å². The first-order valence-corrected chi connectivity index (χ1v) is 9.69. The molecule has 27 heavy (non-hydrogen) atoms. The van der Waals surface area contributed by atoms with Crippen molar-refractivity contribution < 1.29 is 24.2 Å². The summed E-state index contributed by atoms with van der Waals surface area (Å²) in [5.41, 5.74) is 0.874. The summed E-state index contributed by atoms with van der Waals surface area (Å²) in [6.45, 7) is -0.344. The molecule has 6 nitrogen and oxygen atoms in total. The van der Waals surface area contributed by atoms with Crippen molar-refractivity contribution in [2.45, 2.75) is 0 Å². The van der Waals surface area contributed by atoms with Crippen molar-refractivity contribution in [2.75, 3.05) is 11.9 Å². The van der Waals surface area contributed by atoms with Crippen LogP contribution in [0.5, 0.6) is 5.75 Å². The Bertz CT molecular complexity index is 994. The van der Waals surface area contributed by atoms with Gasteiger partial charge in [0.05, 0.1) is 10.6 Å². The minimum Gasteiger partial charge on any atom is -0.482 e. The topological polar surface area (TPSA) is 92.7 Å². The lowest BCUT2D eigenvalue weighted by Crippen LogP contribution is -2.21. The molecular formula is C18H12ClNO5S2. The number of hydrogen-bond acceptors (Lipinski definition) is 6. The molecular weight excluding hydrogens is 410 g/mol. The Kier molecular flexibility index (Phi) is 5.90. The molecule has 0 saturated carbocycles. The molecule has 0 aliphatic carbocycles. The number of aromatic carboxylic acids is 1. The molecule has 3 aromatic rings. The van der Waals surface area contributed by atoms with Crippen molar-refractivity contribution in [2.24, 2.45) is 0 Å². The average Bonchev–Trinajstić information content (AvgIpc) is 3.27. The third-order valence-electron chi connectivity index (χ3n) is 3.51. The van der Waals surface area contributed by atoms with E-state index < -0.39 is 11.9 Å². The Morgan fingerprint density at radius 2 is 1.93 bits per heavy atom. The number of halogens is 1. The van der Waals surface area contributed by atoms with Gasteiger partial charge in [0.25, 0.3) is 5.91 Å². The van der Waals surface area contributed by atoms with Crippen LogP contribution in [0.2, 0.25) is 5.02 Å². The quantitative estimate of drug-likeness (QED) is 0.541. The van der Waals surface area contributed by atoms with Gasteiger partial charge in [0.15, 0.2) is 12.9 Å². The predicted molar refractivity (Wildman–Crippen MR) is 106 cm³/mol. The van der Waals surface area contributed by atoms with Crippen LogP contribution in [0.4, 0.5) is 5.69 Å². The summed E-state index contributed by atoms with van der Waals surface area (Å²) >= 11 is 8.28. The lowest BCUT2D eigenvalue weighted by molar-refractivity contribution is -0.118. The Hall–Kier alpha value is -2.68. The van der Waals surface area contributed by atoms with E-state index in [2.05, 4.69) is 5.32 Å². The molecule has 0 radical (unpaired) electrons. The molecule has 3 rings (SSSR count). The molecule has 0 aliphatic rings. The summed E-state index contributed by atoms with van der Waals surface area (Å²) in [4.78, 5) is 35.6. The molecule has 2 aromatic heterocycles. The molecule has 0 fully saturated rings. The average molecular weight is 422 g/mol. The first-order valence-electron chi connectivity index (χ1n) is 7.55. The molecule has 2 N–H and O–H groups in total. The molecule has 0 saturated heterocycles. The highest BCUT2D eigenvalue weighted by Crippen LogP contribution is 2.36. The number of benzene rings is 1. The minimum absolute atomic E-state index is 0.000198. The third kappa shape index (κ3) is 4.36. The van der Waals surface area contributed by atoms with Crippen LogP contribution in [-0.4, -0.2) is 29.9 Å². The van der Waals surface area contributed by atoms with Crippen LogP contribution in [0, 0.1) is 0 Å². The summed E-state index contributed by atoms with van der Waals surface area (Å²) in [7, 11) is 0. The van der Waals surface area contributed by atoms with Gasteiger partial charge in [-0.1, -0.05) is 23.7 Å². The molecule has 0 bridgehead atoms. The van der Waals surface area contributed by atoms with Crippen LogP contribution in [-0.2, 0) is 4.79 Å². The SMILES string of the molecule is O=Cc1sccc1OCC(=O)Nc1csc(-c2ccc(Cl)cc2)c1C(=O)O. The Labute approximate surface area is 167 Å². The number of carbonyl (C=O) groups excluding carboxylic acids is 2. The molecule has 0 aliphatic heterocycles. The van der Waals surface area contributed by atoms with Gasteiger partial charge in [-0.2, -0.15) is 0 Å². The fraction of sp³-hybridized carbons (Fsp3) is 0.0556. The fourth-order valence-corrected chi connectivity index (χ4v) is 4.08. The highest BCUT2D eigenvalue weighted by atomic mass is 35.5. The Morgan fingerprint density at radius 1 is 1.19 bits per heavy atom. The Morgan fingerprint density at radius 3 is 2.59 bits per heavy atom. The minimum atomic E-state index is -1.15. The summed E-state index contributed by atoms with van der Waals surface area (Å²) in [5, 5.41) is 15.9. The molecule has 138 valence electrons. The number of aldehydes is 1. The number of carboxylic acid groups (broad SMARTS) is 1. The van der Waals surface area contributed by atoms with Gasteiger partial charge in [-0.3, -0.25) is 9.59 Å². The van der Waals surface area contributed by atoms with Crippen LogP contribution in [0.1, 0.15) is 20.0 Å². The number of ether oxygens (including phenoxy) is 1. The van der Waals surface area contributed by atoms with Gasteiger partial charge in [0, 0.05) is 10.4 Å². The van der Waals surface area contributed by atoms with Crippen LogP contribution in [0.3, 0.4) is 0 Å². The van der Waals surface area contributed by atoms with Crippen molar-refractivity contribution in [3.63, 3.8) is 0 Å². The number of anilines is 1. The second kappa shape index (κ2) is 8.34. The molecule has 1 amide bonds. The second-order valence-electron chi connectivity index (χ2n) is 5.27. The molecule has 1 aromatic carbocycles. The van der Waals surface area contributed by atoms with E-state index in [0.29, 0.717) is 32.4 Å². The summed E-state index contributed by atoms with van der Waals surface area (Å²) in [6, 6.07) is 8.35. The summed E-state index contributed by atoms with van der Waals surface area (Å²) in [6.07, 6.45) is 0.651. The zero-order chi connectivity index (χ0) is 19.4. The van der Waals surface area contributed by atoms with Crippen molar-refractivity contribution in [1.29, 1.82) is 0 Å². The highest BCUT2D eigenvalue weighted by Gasteiger charge is 2.21. The monoisotopic (exact) mass is 421 g/mol. The first kappa shape index (κ1) is 19.1. The van der Waals surface area contributed by atoms with Crippen molar-refractivity contribution >= 4 is 58.1 Å². The standard InChI is InChI=1S/C18H12ClNO5S2/c19-11-3-1-10(2-4-11)17-16(18(23)24)12(9-27-17)20-15(22)8-25-13-5-6-26-14(13)7-21/h1-7,9H,8H2,(H,20,22)(H,23,24). The van der Waals surface area contributed by atoms with E-state index in [1.807, 2.05) is 0 Å². The van der Waals surface area contributed by atoms with Gasteiger partial charge < -0.3 is 15.2 Å². The van der Waals surface area contributed by atoms with E-state index in [-0.39, 0.29) is 17.9 Å². The molecule has 2 heterocycles. The smallest absolute Gasteiger partial charge is 0.339 e. The molecule has 0 unspecified atom stereocenters. The second-order valence-corrected chi connectivity index (χ2v) is 7.53. The van der Waals surface area contributed by atoms with Gasteiger partial charge in [-0.05, 0) is 29.1 Å². The van der Waals surface area contributed by atoms with Gasteiger partial charge in [0.1, 0.15) is 16.2 Å². The van der Waals surface area contributed by atoms with Gasteiger partial charge in [-0.15, -0.1) is 22.7 Å². The third-order valence-corrected chi connectivity index (χ3v) is 5.61. The zero-order valence-corrected chi connectivity index (χ0v) is 16.0. The van der Waals surface area contributed by atoms with Gasteiger partial charge >= 0.3 is 5.97 Å². The summed E-state index contributed by atoms with van der Waals surface area (Å²) < 4.78 is 5.32. The van der Waals surface area contributed by atoms with E-state index in [0.717, 1.165) is 0 Å². The number of thiophene rings is 2. The molecule has 0 spiro atoms.